The lowest BCUT2D eigenvalue weighted by molar-refractivity contribution is -0.134. The van der Waals surface area contributed by atoms with Crippen LogP contribution < -0.4 is 22.2 Å². The topological polar surface area (TPSA) is 126 Å². The molecule has 0 radical (unpaired) electrons. The van der Waals surface area contributed by atoms with Gasteiger partial charge in [0, 0.05) is 37.1 Å². The van der Waals surface area contributed by atoms with Gasteiger partial charge in [0.05, 0.1) is 16.9 Å². The van der Waals surface area contributed by atoms with Gasteiger partial charge >= 0.3 is 0 Å². The summed E-state index contributed by atoms with van der Waals surface area (Å²) in [4.78, 5) is 15.8. The third-order valence-corrected chi connectivity index (χ3v) is 4.51. The molecule has 6 N–H and O–H groups in total. The van der Waals surface area contributed by atoms with Gasteiger partial charge in [-0.25, -0.2) is 0 Å². The van der Waals surface area contributed by atoms with Crippen LogP contribution in [0.1, 0.15) is 32.5 Å². The van der Waals surface area contributed by atoms with Crippen molar-refractivity contribution in [3.63, 3.8) is 0 Å². The molecule has 0 saturated carbocycles. The molecule has 0 aromatic heterocycles. The predicted molar refractivity (Wildman–Crippen MR) is 95.5 cm³/mol. The third kappa shape index (κ3) is 3.54. The third-order valence-electron chi connectivity index (χ3n) is 4.29. The lowest BCUT2D eigenvalue weighted by Gasteiger charge is -2.48. The van der Waals surface area contributed by atoms with Crippen LogP contribution in [-0.4, -0.2) is 36.0 Å². The zero-order chi connectivity index (χ0) is 18.1. The highest BCUT2D eigenvalue weighted by molar-refractivity contribution is 6.31. The molecule has 1 heterocycles. The van der Waals surface area contributed by atoms with Gasteiger partial charge in [-0.05, 0) is 26.0 Å². The van der Waals surface area contributed by atoms with Crippen molar-refractivity contribution in [1.29, 1.82) is 0 Å². The zero-order valence-corrected chi connectivity index (χ0v) is 14.9. The van der Waals surface area contributed by atoms with Crippen LogP contribution in [0.3, 0.4) is 0 Å². The number of anilines is 2. The first kappa shape index (κ1) is 18.3. The first-order valence-electron chi connectivity index (χ1n) is 7.65. The van der Waals surface area contributed by atoms with Crippen LogP contribution >= 0.6 is 11.6 Å². The molecule has 8 nitrogen and oxygen atoms in total. The fourth-order valence-corrected chi connectivity index (χ4v) is 3.43. The largest absolute Gasteiger partial charge is 0.397 e. The zero-order valence-electron chi connectivity index (χ0n) is 14.2. The Hall–Kier alpha value is -2.06. The Morgan fingerprint density at radius 2 is 2.04 bits per heavy atom. The molecular weight excluding hydrogens is 330 g/mol. The second kappa shape index (κ2) is 6.82. The lowest BCUT2D eigenvalue weighted by Crippen LogP contribution is -2.60. The van der Waals surface area contributed by atoms with Gasteiger partial charge in [0.2, 0.25) is 5.91 Å². The minimum absolute atomic E-state index is 0.0600. The maximum Gasteiger partial charge on any atom is 0.220 e. The summed E-state index contributed by atoms with van der Waals surface area (Å²) in [5.74, 6) is 5.13. The molecule has 1 atom stereocenters. The maximum absolute atomic E-state index is 11.8. The molecular formula is C15H24ClN7O. The number of rotatable bonds is 3. The van der Waals surface area contributed by atoms with E-state index in [0.29, 0.717) is 35.9 Å². The molecule has 9 heteroatoms. The van der Waals surface area contributed by atoms with Crippen LogP contribution in [0.25, 0.3) is 0 Å². The number of nitrogens with zero attached hydrogens (tertiary/aromatic N) is 4. The van der Waals surface area contributed by atoms with E-state index in [-0.39, 0.29) is 11.4 Å². The number of benzene rings is 1. The van der Waals surface area contributed by atoms with Crippen LogP contribution in [0.15, 0.2) is 22.5 Å². The van der Waals surface area contributed by atoms with Crippen molar-refractivity contribution in [3.8, 4) is 0 Å². The van der Waals surface area contributed by atoms with Gasteiger partial charge in [-0.15, -0.1) is 5.11 Å². The Bertz CT molecular complexity index is 661. The fraction of sp³-hybridized carbons (Fsp3) is 0.533. The highest BCUT2D eigenvalue weighted by Crippen LogP contribution is 2.36. The fourth-order valence-electron chi connectivity index (χ4n) is 3.21. The van der Waals surface area contributed by atoms with Crippen LogP contribution in [0.4, 0.5) is 11.4 Å². The second-order valence-electron chi connectivity index (χ2n) is 6.51. The number of carbonyl (C=O) groups is 1. The average molecular weight is 354 g/mol. The van der Waals surface area contributed by atoms with Crippen molar-refractivity contribution < 1.29 is 4.79 Å². The predicted octanol–water partition coefficient (Wildman–Crippen LogP) is 1.65. The molecule has 1 aliphatic rings. The van der Waals surface area contributed by atoms with Crippen molar-refractivity contribution in [1.82, 2.24) is 4.90 Å². The number of hydrogen-bond acceptors (Lipinski definition) is 6. The number of hydrogen-bond donors (Lipinski definition) is 3. The Morgan fingerprint density at radius 3 is 2.58 bits per heavy atom. The van der Waals surface area contributed by atoms with E-state index in [4.69, 9.17) is 28.9 Å². The summed E-state index contributed by atoms with van der Waals surface area (Å²) >= 11 is 6.23. The molecule has 2 rings (SSSR count). The number of carbonyl (C=O) groups excluding carboxylic acids is 1. The molecule has 1 amide bonds. The molecule has 1 fully saturated rings. The quantitative estimate of drug-likeness (QED) is 0.329. The first-order valence-corrected chi connectivity index (χ1v) is 8.03. The van der Waals surface area contributed by atoms with E-state index in [1.165, 1.54) is 0 Å². The van der Waals surface area contributed by atoms with Crippen molar-refractivity contribution in [3.05, 3.63) is 22.7 Å². The Balaban J connectivity index is 2.38. The van der Waals surface area contributed by atoms with E-state index in [0.717, 1.165) is 5.69 Å². The molecule has 132 valence electrons. The van der Waals surface area contributed by atoms with Gasteiger partial charge in [-0.3, -0.25) is 4.79 Å². The number of amides is 1. The van der Waals surface area contributed by atoms with Gasteiger partial charge in [-0.1, -0.05) is 16.8 Å². The van der Waals surface area contributed by atoms with Crippen molar-refractivity contribution in [2.75, 3.05) is 30.3 Å². The summed E-state index contributed by atoms with van der Waals surface area (Å²) in [6.45, 7) is 7.52. The normalized spacial score (nSPS) is 18.9. The number of nitrogen functional groups attached to an aromatic ring is 1. The van der Waals surface area contributed by atoms with E-state index in [1.54, 1.807) is 19.1 Å². The van der Waals surface area contributed by atoms with E-state index in [1.807, 2.05) is 18.7 Å². The van der Waals surface area contributed by atoms with Gasteiger partial charge in [-0.2, -0.15) is 0 Å². The molecule has 24 heavy (non-hydrogen) atoms. The highest BCUT2D eigenvalue weighted by Gasteiger charge is 2.36. The molecule has 1 aromatic carbocycles. The molecule has 0 spiro atoms. The van der Waals surface area contributed by atoms with Gasteiger partial charge in [0.15, 0.2) is 0 Å². The van der Waals surface area contributed by atoms with Gasteiger partial charge < -0.3 is 27.1 Å². The average Bonchev–Trinajstić information content (AvgIpc) is 2.47. The van der Waals surface area contributed by atoms with Crippen LogP contribution in [0.5, 0.6) is 0 Å². The monoisotopic (exact) mass is 353 g/mol. The summed E-state index contributed by atoms with van der Waals surface area (Å²) in [7, 11) is 0. The van der Waals surface area contributed by atoms with Crippen LogP contribution in [-0.2, 0) is 4.79 Å². The summed E-state index contributed by atoms with van der Waals surface area (Å²) in [5, 5.41) is 7.44. The Kier molecular flexibility index (Phi) is 5.19. The number of piperazine rings is 1. The van der Waals surface area contributed by atoms with Gasteiger partial charge in [0.1, 0.15) is 6.17 Å². The highest BCUT2D eigenvalue weighted by atomic mass is 35.5. The Labute approximate surface area is 146 Å². The van der Waals surface area contributed by atoms with E-state index >= 15 is 0 Å². The molecule has 1 aromatic rings. The standard InChI is InChI=1S/C15H24ClN7O/c1-9(24)23-5-4-22(8-15(23,2)3)12-7-10(16)6-11(13(12)17)14(18)20-21-19/h6-7,14H,4-5,8,17-18H2,1-3H3,(H2,19,20). The number of nitrogens with two attached hydrogens (primary N) is 3. The number of halogens is 1. The summed E-state index contributed by atoms with van der Waals surface area (Å²) in [6.07, 6.45) is -0.779. The molecule has 0 aliphatic carbocycles. The molecule has 1 unspecified atom stereocenters. The maximum atomic E-state index is 11.8. The van der Waals surface area contributed by atoms with Crippen molar-refractivity contribution in [2.24, 2.45) is 21.9 Å². The first-order chi connectivity index (χ1) is 11.2. The SMILES string of the molecule is CC(=O)N1CCN(c2cc(Cl)cc(C(N)N=NN)c2N)CC1(C)C. The van der Waals surface area contributed by atoms with Crippen LogP contribution in [0, 0.1) is 0 Å². The van der Waals surface area contributed by atoms with Crippen LogP contribution in [0.2, 0.25) is 5.02 Å². The molecule has 1 aliphatic heterocycles. The molecule has 1 saturated heterocycles. The summed E-state index contributed by atoms with van der Waals surface area (Å²) in [6, 6.07) is 3.46. The van der Waals surface area contributed by atoms with Gasteiger partial charge in [0.25, 0.3) is 0 Å². The lowest BCUT2D eigenvalue weighted by atomic mass is 9.97. The van der Waals surface area contributed by atoms with E-state index < -0.39 is 6.17 Å². The minimum atomic E-state index is -0.779. The van der Waals surface area contributed by atoms with E-state index in [2.05, 4.69) is 15.2 Å². The smallest absolute Gasteiger partial charge is 0.220 e. The van der Waals surface area contributed by atoms with E-state index in [9.17, 15) is 4.79 Å². The second-order valence-corrected chi connectivity index (χ2v) is 6.94. The van der Waals surface area contributed by atoms with Crippen molar-refractivity contribution in [2.45, 2.75) is 32.5 Å². The Morgan fingerprint density at radius 1 is 1.38 bits per heavy atom. The van der Waals surface area contributed by atoms with Crippen molar-refractivity contribution >= 4 is 28.9 Å². The summed E-state index contributed by atoms with van der Waals surface area (Å²) < 4.78 is 0. The molecule has 0 bridgehead atoms. The summed E-state index contributed by atoms with van der Waals surface area (Å²) in [5.41, 5.74) is 13.7. The minimum Gasteiger partial charge on any atom is -0.397 e.